The van der Waals surface area contributed by atoms with Gasteiger partial charge < -0.3 is 15.0 Å². The number of aromatic nitrogens is 3. The quantitative estimate of drug-likeness (QED) is 0.547. The number of carbonyl (C=O) groups is 1. The lowest BCUT2D eigenvalue weighted by atomic mass is 9.76. The molecule has 0 radical (unpaired) electrons. The molecular formula is C23H30N4O2. The molecule has 0 atom stereocenters. The van der Waals surface area contributed by atoms with Crippen LogP contribution in [-0.2, 0) is 17.6 Å². The maximum Gasteiger partial charge on any atom is 0.251 e. The molecule has 4 rings (SSSR count). The Morgan fingerprint density at radius 2 is 2.14 bits per heavy atom. The van der Waals surface area contributed by atoms with Gasteiger partial charge in [0.2, 0.25) is 0 Å². The maximum absolute atomic E-state index is 12.4. The van der Waals surface area contributed by atoms with Crippen molar-refractivity contribution in [1.82, 2.24) is 20.5 Å². The normalized spacial score (nSPS) is 15.6. The topological polar surface area (TPSA) is 82.8 Å². The first-order valence-corrected chi connectivity index (χ1v) is 10.4. The number of benzene rings is 1. The summed E-state index contributed by atoms with van der Waals surface area (Å²) in [6.45, 7) is 9.60. The third-order valence-corrected chi connectivity index (χ3v) is 5.64. The largest absolute Gasteiger partial charge is 0.377 e. The summed E-state index contributed by atoms with van der Waals surface area (Å²) in [5, 5.41) is 11.8. The van der Waals surface area contributed by atoms with Gasteiger partial charge in [-0.3, -0.25) is 9.89 Å². The van der Waals surface area contributed by atoms with E-state index in [2.05, 4.69) is 40.4 Å². The Hall–Kier alpha value is -2.60. The molecule has 3 aromatic rings. The minimum atomic E-state index is -0.0820. The molecule has 1 aromatic carbocycles. The van der Waals surface area contributed by atoms with E-state index in [1.165, 1.54) is 11.3 Å². The van der Waals surface area contributed by atoms with Crippen molar-refractivity contribution in [1.29, 1.82) is 0 Å². The van der Waals surface area contributed by atoms with Gasteiger partial charge in [0.1, 0.15) is 5.69 Å². The van der Waals surface area contributed by atoms with Crippen LogP contribution in [0.4, 0.5) is 0 Å². The van der Waals surface area contributed by atoms with Crippen LogP contribution in [0.2, 0.25) is 0 Å². The predicted molar refractivity (Wildman–Crippen MR) is 115 cm³/mol. The van der Waals surface area contributed by atoms with E-state index in [0.29, 0.717) is 24.1 Å². The third kappa shape index (κ3) is 4.22. The Labute approximate surface area is 171 Å². The molecule has 6 nitrogen and oxygen atoms in total. The van der Waals surface area contributed by atoms with E-state index in [-0.39, 0.29) is 12.0 Å². The van der Waals surface area contributed by atoms with Crippen molar-refractivity contribution in [2.24, 2.45) is 5.41 Å². The number of ether oxygens (including phenoxy) is 1. The van der Waals surface area contributed by atoms with Gasteiger partial charge in [0.15, 0.2) is 0 Å². The summed E-state index contributed by atoms with van der Waals surface area (Å²) < 4.78 is 5.47. The second kappa shape index (κ2) is 7.67. The monoisotopic (exact) mass is 394 g/mol. The Balaban J connectivity index is 1.52. The van der Waals surface area contributed by atoms with Gasteiger partial charge in [0.25, 0.3) is 5.91 Å². The van der Waals surface area contributed by atoms with E-state index in [9.17, 15) is 4.79 Å². The van der Waals surface area contributed by atoms with E-state index in [4.69, 9.17) is 4.74 Å². The van der Waals surface area contributed by atoms with Crippen LogP contribution in [0.1, 0.15) is 55.7 Å². The molecule has 1 aliphatic rings. The van der Waals surface area contributed by atoms with E-state index in [0.717, 1.165) is 41.6 Å². The zero-order chi connectivity index (χ0) is 20.6. The summed E-state index contributed by atoms with van der Waals surface area (Å²) >= 11 is 0. The maximum atomic E-state index is 12.4. The van der Waals surface area contributed by atoms with Crippen molar-refractivity contribution in [3.05, 3.63) is 41.1 Å². The molecule has 0 unspecified atom stereocenters. The highest BCUT2D eigenvalue weighted by Crippen LogP contribution is 2.38. The Kier molecular flexibility index (Phi) is 5.21. The van der Waals surface area contributed by atoms with E-state index in [1.807, 2.05) is 32.0 Å². The highest BCUT2D eigenvalue weighted by molar-refractivity contribution is 5.99. The lowest BCUT2D eigenvalue weighted by Crippen LogP contribution is -2.28. The summed E-state index contributed by atoms with van der Waals surface area (Å²) in [6.07, 6.45) is 3.40. The fraction of sp³-hybridized carbons (Fsp3) is 0.478. The van der Waals surface area contributed by atoms with E-state index >= 15 is 0 Å². The standard InChI is InChI=1S/C23H30N4O2/c1-14(2)29-10-9-24-22(28)15-5-6-18-16(11-15)12-19(25-18)21-17-7-8-23(3,4)13-20(17)26-27-21/h5-6,11-12,14,25H,7-10,13H2,1-4H3,(H,24,28)(H,26,27). The summed E-state index contributed by atoms with van der Waals surface area (Å²) in [5.41, 5.74) is 6.55. The lowest BCUT2D eigenvalue weighted by Gasteiger charge is -2.28. The molecule has 6 heteroatoms. The molecule has 154 valence electrons. The zero-order valence-corrected chi connectivity index (χ0v) is 17.7. The first kappa shape index (κ1) is 19.7. The van der Waals surface area contributed by atoms with Crippen molar-refractivity contribution < 1.29 is 9.53 Å². The molecule has 29 heavy (non-hydrogen) atoms. The van der Waals surface area contributed by atoms with Crippen LogP contribution in [-0.4, -0.2) is 40.3 Å². The van der Waals surface area contributed by atoms with Crippen LogP contribution in [0.25, 0.3) is 22.3 Å². The van der Waals surface area contributed by atoms with E-state index < -0.39 is 0 Å². The van der Waals surface area contributed by atoms with Gasteiger partial charge in [0, 0.05) is 34.3 Å². The van der Waals surface area contributed by atoms with Crippen molar-refractivity contribution in [2.75, 3.05) is 13.2 Å². The van der Waals surface area contributed by atoms with Gasteiger partial charge in [-0.1, -0.05) is 13.8 Å². The van der Waals surface area contributed by atoms with Gasteiger partial charge in [-0.25, -0.2) is 0 Å². The molecule has 1 amide bonds. The number of nitrogens with one attached hydrogen (secondary N) is 3. The summed E-state index contributed by atoms with van der Waals surface area (Å²) in [6, 6.07) is 7.82. The molecule has 0 saturated heterocycles. The molecule has 0 aliphatic heterocycles. The van der Waals surface area contributed by atoms with Gasteiger partial charge in [-0.15, -0.1) is 0 Å². The number of amides is 1. The number of aromatic amines is 2. The first-order chi connectivity index (χ1) is 13.8. The van der Waals surface area contributed by atoms with Gasteiger partial charge in [-0.2, -0.15) is 5.10 Å². The molecule has 0 fully saturated rings. The average molecular weight is 395 g/mol. The molecule has 2 aromatic heterocycles. The Morgan fingerprint density at radius 3 is 2.93 bits per heavy atom. The van der Waals surface area contributed by atoms with Crippen molar-refractivity contribution in [3.63, 3.8) is 0 Å². The van der Waals surface area contributed by atoms with Crippen LogP contribution < -0.4 is 5.32 Å². The highest BCUT2D eigenvalue weighted by Gasteiger charge is 2.29. The molecule has 3 N–H and O–H groups in total. The number of hydrogen-bond donors (Lipinski definition) is 3. The van der Waals surface area contributed by atoms with Crippen molar-refractivity contribution in [3.8, 4) is 11.4 Å². The molecule has 0 spiro atoms. The summed E-state index contributed by atoms with van der Waals surface area (Å²) in [7, 11) is 0. The number of rotatable bonds is 6. The number of fused-ring (bicyclic) bond motifs is 2. The highest BCUT2D eigenvalue weighted by atomic mass is 16.5. The third-order valence-electron chi connectivity index (χ3n) is 5.64. The Bertz CT molecular complexity index is 1030. The number of nitrogens with zero attached hydrogens (tertiary/aromatic N) is 1. The van der Waals surface area contributed by atoms with Crippen molar-refractivity contribution >= 4 is 16.8 Å². The fourth-order valence-corrected chi connectivity index (χ4v) is 4.03. The lowest BCUT2D eigenvalue weighted by molar-refractivity contribution is 0.0746. The second-order valence-corrected chi connectivity index (χ2v) is 9.03. The first-order valence-electron chi connectivity index (χ1n) is 10.4. The zero-order valence-electron chi connectivity index (χ0n) is 17.7. The Morgan fingerprint density at radius 1 is 1.31 bits per heavy atom. The smallest absolute Gasteiger partial charge is 0.251 e. The molecular weight excluding hydrogens is 364 g/mol. The molecule has 1 aliphatic carbocycles. The van der Waals surface area contributed by atoms with Crippen LogP contribution in [0.15, 0.2) is 24.3 Å². The molecule has 0 saturated carbocycles. The molecule has 0 bridgehead atoms. The van der Waals surface area contributed by atoms with E-state index in [1.54, 1.807) is 0 Å². The van der Waals surface area contributed by atoms with Gasteiger partial charge in [0.05, 0.1) is 18.4 Å². The second-order valence-electron chi connectivity index (χ2n) is 9.03. The minimum Gasteiger partial charge on any atom is -0.377 e. The van der Waals surface area contributed by atoms with Crippen LogP contribution in [0.5, 0.6) is 0 Å². The average Bonchev–Trinajstić information content (AvgIpc) is 3.26. The number of carbonyl (C=O) groups excluding carboxylic acids is 1. The fourth-order valence-electron chi connectivity index (χ4n) is 4.03. The number of hydrogen-bond acceptors (Lipinski definition) is 3. The van der Waals surface area contributed by atoms with Gasteiger partial charge >= 0.3 is 0 Å². The number of H-pyrrole nitrogens is 2. The SMILES string of the molecule is CC(C)OCCNC(=O)c1ccc2[nH]c(-c3n[nH]c4c3CCC(C)(C)C4)cc2c1. The van der Waals surface area contributed by atoms with Crippen LogP contribution >= 0.6 is 0 Å². The molecule has 2 heterocycles. The van der Waals surface area contributed by atoms with Crippen LogP contribution in [0.3, 0.4) is 0 Å². The summed E-state index contributed by atoms with van der Waals surface area (Å²) in [4.78, 5) is 15.9. The van der Waals surface area contributed by atoms with Gasteiger partial charge in [-0.05, 0) is 62.8 Å². The summed E-state index contributed by atoms with van der Waals surface area (Å²) in [5.74, 6) is -0.0820. The predicted octanol–water partition coefficient (Wildman–Crippen LogP) is 4.23. The van der Waals surface area contributed by atoms with Crippen molar-refractivity contribution in [2.45, 2.75) is 53.1 Å². The minimum absolute atomic E-state index is 0.0820. The van der Waals surface area contributed by atoms with Crippen LogP contribution in [0, 0.1) is 5.41 Å².